The van der Waals surface area contributed by atoms with E-state index >= 15 is 0 Å². The van der Waals surface area contributed by atoms with Gasteiger partial charge in [0.1, 0.15) is 6.04 Å². The van der Waals surface area contributed by atoms with E-state index in [0.717, 1.165) is 24.1 Å². The largest absolute Gasteiger partial charge is 0.480 e. The molecule has 1 aliphatic heterocycles. The normalized spacial score (nSPS) is 15.9. The van der Waals surface area contributed by atoms with E-state index in [4.69, 9.17) is 0 Å². The molecule has 11 heteroatoms. The first-order valence-electron chi connectivity index (χ1n) is 12.4. The molecule has 0 radical (unpaired) electrons. The van der Waals surface area contributed by atoms with Gasteiger partial charge in [0, 0.05) is 44.0 Å². The minimum atomic E-state index is -1.06. The Morgan fingerprint density at radius 2 is 2.19 bits per heavy atom. The predicted octanol–water partition coefficient (Wildman–Crippen LogP) is 2.03. The highest BCUT2D eigenvalue weighted by Crippen LogP contribution is 2.21. The summed E-state index contributed by atoms with van der Waals surface area (Å²) in [7, 11) is 0. The molecule has 2 aromatic rings. The van der Waals surface area contributed by atoms with Crippen molar-refractivity contribution < 1.29 is 19.5 Å². The van der Waals surface area contributed by atoms with Crippen molar-refractivity contribution >= 4 is 29.5 Å². The Hall–Kier alpha value is -3.36. The third-order valence-electron chi connectivity index (χ3n) is 6.47. The monoisotopic (exact) mass is 526 g/mol. The molecule has 2 heterocycles. The molecule has 0 unspecified atom stereocenters. The highest BCUT2D eigenvalue weighted by Gasteiger charge is 2.31. The van der Waals surface area contributed by atoms with Gasteiger partial charge in [-0.2, -0.15) is 17.0 Å². The van der Waals surface area contributed by atoms with Gasteiger partial charge in [0.15, 0.2) is 0 Å². The molecule has 198 valence electrons. The van der Waals surface area contributed by atoms with Crippen molar-refractivity contribution in [3.8, 4) is 6.07 Å². The standard InChI is InChI=1S/C26H34N6O4S/c1-37-12-10-23(26(35)36)30-24(33)17-31(15-20-6-3-2-5-19(20)13-27)16-22-7-4-11-32(22)25(34)9-8-21-14-28-18-29-21/h2-3,5-6,14,18,22-23H,4,7-12,15-17H2,1H3,(H,28,29)(H,30,33)(H,35,36)/t22-,23-/m0/s1. The number of carboxylic acid groups (broad SMARTS) is 1. The predicted molar refractivity (Wildman–Crippen MR) is 141 cm³/mol. The number of benzene rings is 1. The summed E-state index contributed by atoms with van der Waals surface area (Å²) in [6.07, 6.45) is 8.17. The molecule has 1 fully saturated rings. The van der Waals surface area contributed by atoms with Crippen molar-refractivity contribution in [2.45, 2.75) is 50.7 Å². The molecule has 2 amide bonds. The van der Waals surface area contributed by atoms with E-state index in [1.54, 1.807) is 24.7 Å². The van der Waals surface area contributed by atoms with E-state index in [-0.39, 0.29) is 18.5 Å². The van der Waals surface area contributed by atoms with E-state index in [1.807, 2.05) is 28.2 Å². The van der Waals surface area contributed by atoms with Crippen LogP contribution in [0.15, 0.2) is 36.8 Å². The molecule has 0 aliphatic carbocycles. The van der Waals surface area contributed by atoms with Crippen LogP contribution in [0.2, 0.25) is 0 Å². The van der Waals surface area contributed by atoms with Gasteiger partial charge in [-0.25, -0.2) is 9.78 Å². The SMILES string of the molecule is CSCC[C@H](NC(=O)CN(Cc1ccccc1C#N)C[C@@H]1CCCN1C(=O)CCc1cnc[nH]1)C(=O)O. The zero-order valence-corrected chi connectivity index (χ0v) is 21.9. The number of amides is 2. The lowest BCUT2D eigenvalue weighted by Crippen LogP contribution is -2.49. The fraction of sp³-hybridized carbons (Fsp3) is 0.500. The number of nitrogens with zero attached hydrogens (tertiary/aromatic N) is 4. The second kappa shape index (κ2) is 14.4. The number of carboxylic acids is 1. The Kier molecular flexibility index (Phi) is 11.0. The number of aryl methyl sites for hydroxylation is 1. The highest BCUT2D eigenvalue weighted by atomic mass is 32.2. The van der Waals surface area contributed by atoms with Gasteiger partial charge in [-0.1, -0.05) is 18.2 Å². The molecule has 3 rings (SSSR count). The summed E-state index contributed by atoms with van der Waals surface area (Å²) in [4.78, 5) is 48.4. The van der Waals surface area contributed by atoms with Crippen LogP contribution in [0.1, 0.15) is 42.5 Å². The van der Waals surface area contributed by atoms with Crippen LogP contribution in [0.4, 0.5) is 0 Å². The zero-order valence-electron chi connectivity index (χ0n) is 21.1. The highest BCUT2D eigenvalue weighted by molar-refractivity contribution is 7.98. The van der Waals surface area contributed by atoms with E-state index < -0.39 is 17.9 Å². The summed E-state index contributed by atoms with van der Waals surface area (Å²) in [5.74, 6) is -0.776. The molecule has 10 nitrogen and oxygen atoms in total. The van der Waals surface area contributed by atoms with Crippen LogP contribution in [0.3, 0.4) is 0 Å². The quantitative estimate of drug-likeness (QED) is 0.339. The van der Waals surface area contributed by atoms with E-state index in [0.29, 0.717) is 50.2 Å². The molecule has 0 saturated carbocycles. The van der Waals surface area contributed by atoms with Gasteiger partial charge in [-0.15, -0.1) is 0 Å². The van der Waals surface area contributed by atoms with Crippen LogP contribution < -0.4 is 5.32 Å². The van der Waals surface area contributed by atoms with Gasteiger partial charge in [0.2, 0.25) is 11.8 Å². The number of hydrogen-bond acceptors (Lipinski definition) is 7. The molecular weight excluding hydrogens is 492 g/mol. The van der Waals surface area contributed by atoms with Crippen molar-refractivity contribution in [1.29, 1.82) is 5.26 Å². The number of imidazole rings is 1. The van der Waals surface area contributed by atoms with Gasteiger partial charge in [0.05, 0.1) is 24.5 Å². The number of hydrogen-bond donors (Lipinski definition) is 3. The molecule has 1 aromatic heterocycles. The second-order valence-electron chi connectivity index (χ2n) is 9.14. The van der Waals surface area contributed by atoms with Crippen LogP contribution >= 0.6 is 11.8 Å². The topological polar surface area (TPSA) is 142 Å². The van der Waals surface area contributed by atoms with Crippen LogP contribution in [-0.4, -0.2) is 86.4 Å². The van der Waals surface area contributed by atoms with Gasteiger partial charge in [0.25, 0.3) is 0 Å². The lowest BCUT2D eigenvalue weighted by molar-refractivity contribution is -0.142. The fourth-order valence-electron chi connectivity index (χ4n) is 4.59. The number of carbonyl (C=O) groups is 3. The summed E-state index contributed by atoms with van der Waals surface area (Å²) in [5.41, 5.74) is 2.21. The maximum absolute atomic E-state index is 13.0. The second-order valence-corrected chi connectivity index (χ2v) is 10.1. The number of rotatable bonds is 14. The number of nitriles is 1. The van der Waals surface area contributed by atoms with Crippen LogP contribution in [0, 0.1) is 11.3 Å². The molecular formula is C26H34N6O4S. The summed E-state index contributed by atoms with van der Waals surface area (Å²) < 4.78 is 0. The number of aromatic nitrogens is 2. The maximum atomic E-state index is 13.0. The van der Waals surface area contributed by atoms with Gasteiger partial charge >= 0.3 is 5.97 Å². The first-order chi connectivity index (χ1) is 17.9. The van der Waals surface area contributed by atoms with Crippen molar-refractivity contribution in [2.24, 2.45) is 0 Å². The van der Waals surface area contributed by atoms with Gasteiger partial charge < -0.3 is 20.3 Å². The summed E-state index contributed by atoms with van der Waals surface area (Å²) >= 11 is 1.52. The molecule has 1 saturated heterocycles. The Morgan fingerprint density at radius 1 is 1.38 bits per heavy atom. The molecule has 1 aliphatic rings. The third-order valence-corrected chi connectivity index (χ3v) is 7.12. The van der Waals surface area contributed by atoms with E-state index in [9.17, 15) is 24.8 Å². The summed E-state index contributed by atoms with van der Waals surface area (Å²) in [6, 6.07) is 8.39. The lowest BCUT2D eigenvalue weighted by Gasteiger charge is -2.31. The number of aliphatic carboxylic acids is 1. The first-order valence-corrected chi connectivity index (χ1v) is 13.8. The summed E-state index contributed by atoms with van der Waals surface area (Å²) in [5, 5.41) is 21.7. The third kappa shape index (κ3) is 8.61. The van der Waals surface area contributed by atoms with Crippen molar-refractivity contribution in [3.63, 3.8) is 0 Å². The average Bonchev–Trinajstić information content (AvgIpc) is 3.57. The van der Waals surface area contributed by atoms with Gasteiger partial charge in [-0.3, -0.25) is 14.5 Å². The Labute approximate surface area is 221 Å². The van der Waals surface area contributed by atoms with Crippen LogP contribution in [-0.2, 0) is 27.3 Å². The zero-order chi connectivity index (χ0) is 26.6. The fourth-order valence-corrected chi connectivity index (χ4v) is 5.06. The van der Waals surface area contributed by atoms with Gasteiger partial charge in [-0.05, 0) is 49.3 Å². The molecule has 3 N–H and O–H groups in total. The Morgan fingerprint density at radius 3 is 2.89 bits per heavy atom. The average molecular weight is 527 g/mol. The lowest BCUT2D eigenvalue weighted by atomic mass is 10.1. The van der Waals surface area contributed by atoms with Crippen molar-refractivity contribution in [2.75, 3.05) is 31.6 Å². The number of H-pyrrole nitrogens is 1. The minimum Gasteiger partial charge on any atom is -0.480 e. The first kappa shape index (κ1) is 28.2. The maximum Gasteiger partial charge on any atom is 0.326 e. The summed E-state index contributed by atoms with van der Waals surface area (Å²) in [6.45, 7) is 1.42. The van der Waals surface area contributed by atoms with E-state index in [2.05, 4.69) is 21.4 Å². The molecule has 0 bridgehead atoms. The smallest absolute Gasteiger partial charge is 0.326 e. The molecule has 2 atom stereocenters. The van der Waals surface area contributed by atoms with Crippen LogP contribution in [0.5, 0.6) is 0 Å². The molecule has 0 spiro atoms. The Balaban J connectivity index is 1.70. The number of carbonyl (C=O) groups excluding carboxylic acids is 2. The van der Waals surface area contributed by atoms with E-state index in [1.165, 1.54) is 11.8 Å². The Bertz CT molecular complexity index is 1090. The minimum absolute atomic E-state index is 0.0323. The van der Waals surface area contributed by atoms with Crippen LogP contribution in [0.25, 0.3) is 0 Å². The number of aromatic amines is 1. The number of thioether (sulfide) groups is 1. The number of nitrogens with one attached hydrogen (secondary N) is 2. The molecule has 1 aromatic carbocycles. The van der Waals surface area contributed by atoms with Crippen molar-refractivity contribution in [3.05, 3.63) is 53.6 Å². The molecule has 37 heavy (non-hydrogen) atoms. The number of likely N-dealkylation sites (tertiary alicyclic amines) is 1. The van der Waals surface area contributed by atoms with Crippen molar-refractivity contribution in [1.82, 2.24) is 25.1 Å².